The lowest BCUT2D eigenvalue weighted by molar-refractivity contribution is -0.202. The van der Waals surface area contributed by atoms with Crippen molar-refractivity contribution in [2.45, 2.75) is 83.1 Å². The summed E-state index contributed by atoms with van der Waals surface area (Å²) in [5.74, 6) is -0.925. The molecule has 1 saturated heterocycles. The van der Waals surface area contributed by atoms with Crippen LogP contribution >= 0.6 is 12.6 Å². The van der Waals surface area contributed by atoms with E-state index in [2.05, 4.69) is 12.6 Å². The first-order valence-electron chi connectivity index (χ1n) is 14.1. The molecule has 0 aromatic rings. The van der Waals surface area contributed by atoms with Crippen LogP contribution in [0.4, 0.5) is 9.18 Å². The number of alkyl halides is 1. The van der Waals surface area contributed by atoms with Crippen molar-refractivity contribution in [2.24, 2.45) is 28.6 Å². The van der Waals surface area contributed by atoms with Crippen molar-refractivity contribution in [1.29, 1.82) is 0 Å². The fourth-order valence-corrected chi connectivity index (χ4v) is 8.90. The Morgan fingerprint density at radius 1 is 1.31 bits per heavy atom. The van der Waals surface area contributed by atoms with Crippen LogP contribution in [0.25, 0.3) is 0 Å². The number of Topliss-reactive ketones (excluding diaryl/α,β-unsaturated/α-hetero) is 1. The number of ether oxygens (including phenoxy) is 3. The SMILES string of the molecule is CCCC1O[C@@H]2C[C@H]3[C@@H]4C[C@H](F)C5=CC(=O)C=C[C@]5(C)C4[C@@H](O)C[C@]3(C)[C@]2(C(=O)COC(=O)N(C)CCS)O1. The number of aliphatic hydroxyl groups is 1. The first-order chi connectivity index (χ1) is 18.4. The number of allylic oxidation sites excluding steroid dienone is 4. The molecule has 2 unspecified atom stereocenters. The molecule has 3 saturated carbocycles. The molecule has 5 rings (SSSR count). The predicted octanol–water partition coefficient (Wildman–Crippen LogP) is 3.67. The summed E-state index contributed by atoms with van der Waals surface area (Å²) in [4.78, 5) is 40.0. The molecule has 0 aromatic heterocycles. The summed E-state index contributed by atoms with van der Waals surface area (Å²) < 4.78 is 34.0. The lowest BCUT2D eigenvalue weighted by Crippen LogP contribution is -2.64. The van der Waals surface area contributed by atoms with Gasteiger partial charge in [0.1, 0.15) is 6.17 Å². The average molecular weight is 566 g/mol. The van der Waals surface area contributed by atoms with Crippen LogP contribution in [-0.4, -0.2) is 83.9 Å². The first-order valence-corrected chi connectivity index (χ1v) is 14.7. The Balaban J connectivity index is 1.49. The van der Waals surface area contributed by atoms with Crippen molar-refractivity contribution in [1.82, 2.24) is 4.90 Å². The van der Waals surface area contributed by atoms with Crippen LogP contribution in [0.5, 0.6) is 0 Å². The topological polar surface area (TPSA) is 102 Å². The monoisotopic (exact) mass is 565 g/mol. The van der Waals surface area contributed by atoms with Gasteiger partial charge < -0.3 is 24.2 Å². The number of rotatable bonds is 7. The zero-order valence-corrected chi connectivity index (χ0v) is 24.0. The maximum absolute atomic E-state index is 15.7. The number of carbonyl (C=O) groups is 3. The van der Waals surface area contributed by atoms with Crippen LogP contribution in [0.3, 0.4) is 0 Å². The lowest BCUT2D eigenvalue weighted by Gasteiger charge is -2.60. The number of ketones is 2. The van der Waals surface area contributed by atoms with Crippen molar-refractivity contribution < 1.29 is 38.1 Å². The molecule has 1 aliphatic heterocycles. The van der Waals surface area contributed by atoms with E-state index >= 15 is 4.39 Å². The van der Waals surface area contributed by atoms with Gasteiger partial charge in [-0.3, -0.25) is 9.59 Å². The third kappa shape index (κ3) is 4.23. The molecule has 8 nitrogen and oxygen atoms in total. The minimum Gasteiger partial charge on any atom is -0.441 e. The predicted molar refractivity (Wildman–Crippen MR) is 144 cm³/mol. The van der Waals surface area contributed by atoms with Gasteiger partial charge in [0.2, 0.25) is 5.78 Å². The summed E-state index contributed by atoms with van der Waals surface area (Å²) in [6.45, 7) is 5.74. The summed E-state index contributed by atoms with van der Waals surface area (Å²) in [6, 6.07) is 0. The molecule has 1 heterocycles. The van der Waals surface area contributed by atoms with E-state index in [0.717, 1.165) is 6.42 Å². The molecule has 39 heavy (non-hydrogen) atoms. The third-order valence-electron chi connectivity index (χ3n) is 10.3. The van der Waals surface area contributed by atoms with E-state index in [4.69, 9.17) is 14.2 Å². The number of fused-ring (bicyclic) bond motifs is 7. The molecule has 1 N–H and O–H groups in total. The molecular weight excluding hydrogens is 525 g/mol. The molecule has 4 fully saturated rings. The van der Waals surface area contributed by atoms with E-state index in [1.807, 2.05) is 20.8 Å². The highest BCUT2D eigenvalue weighted by Crippen LogP contribution is 2.70. The summed E-state index contributed by atoms with van der Waals surface area (Å²) >= 11 is 4.14. The lowest BCUT2D eigenvalue weighted by atomic mass is 9.46. The Kier molecular flexibility index (Phi) is 7.57. The van der Waals surface area contributed by atoms with Crippen molar-refractivity contribution in [3.8, 4) is 0 Å². The maximum atomic E-state index is 15.7. The van der Waals surface area contributed by atoms with Crippen LogP contribution in [0, 0.1) is 28.6 Å². The zero-order chi connectivity index (χ0) is 28.3. The van der Waals surface area contributed by atoms with Gasteiger partial charge in [-0.1, -0.05) is 33.3 Å². The number of amides is 1. The van der Waals surface area contributed by atoms with Gasteiger partial charge in [-0.05, 0) is 55.2 Å². The quantitative estimate of drug-likeness (QED) is 0.454. The smallest absolute Gasteiger partial charge is 0.409 e. The number of carbonyl (C=O) groups excluding carboxylic acids is 3. The van der Waals surface area contributed by atoms with Crippen LogP contribution < -0.4 is 0 Å². The number of aliphatic hydroxyl groups excluding tert-OH is 1. The maximum Gasteiger partial charge on any atom is 0.409 e. The Morgan fingerprint density at radius 3 is 2.74 bits per heavy atom. The van der Waals surface area contributed by atoms with Crippen LogP contribution in [0.15, 0.2) is 23.8 Å². The molecule has 0 bridgehead atoms. The number of halogens is 1. The second-order valence-corrected chi connectivity index (χ2v) is 12.8. The first kappa shape index (κ1) is 28.8. The molecule has 0 radical (unpaired) electrons. The van der Waals surface area contributed by atoms with Gasteiger partial charge >= 0.3 is 6.09 Å². The molecule has 5 aliphatic rings. The minimum atomic E-state index is -1.42. The Morgan fingerprint density at radius 2 is 2.05 bits per heavy atom. The Bertz CT molecular complexity index is 1100. The fraction of sp³-hybridized carbons (Fsp3) is 0.759. The van der Waals surface area contributed by atoms with Gasteiger partial charge in [0.25, 0.3) is 0 Å². The summed E-state index contributed by atoms with van der Waals surface area (Å²) in [7, 11) is 1.58. The molecule has 10 heteroatoms. The molecule has 10 atom stereocenters. The van der Waals surface area contributed by atoms with Gasteiger partial charge in [0, 0.05) is 36.1 Å². The van der Waals surface area contributed by atoms with Crippen LogP contribution in [0.1, 0.15) is 52.9 Å². The fourth-order valence-electron chi connectivity index (χ4n) is 8.60. The number of hydrogen-bond acceptors (Lipinski definition) is 8. The van der Waals surface area contributed by atoms with Crippen molar-refractivity contribution in [3.63, 3.8) is 0 Å². The summed E-state index contributed by atoms with van der Waals surface area (Å²) in [6.07, 6.45) is 2.88. The van der Waals surface area contributed by atoms with Crippen LogP contribution in [0.2, 0.25) is 0 Å². The third-order valence-corrected chi connectivity index (χ3v) is 10.5. The second kappa shape index (κ2) is 10.3. The highest BCUT2D eigenvalue weighted by atomic mass is 32.1. The molecule has 216 valence electrons. The van der Waals surface area contributed by atoms with Crippen molar-refractivity contribution >= 4 is 30.3 Å². The van der Waals surface area contributed by atoms with Crippen molar-refractivity contribution in [2.75, 3.05) is 26.0 Å². The number of thiol groups is 1. The van der Waals surface area contributed by atoms with Gasteiger partial charge in [-0.15, -0.1) is 0 Å². The average Bonchev–Trinajstić information content (AvgIpc) is 3.35. The Labute approximate surface area is 234 Å². The van der Waals surface area contributed by atoms with Crippen LogP contribution in [-0.2, 0) is 23.8 Å². The van der Waals surface area contributed by atoms with Gasteiger partial charge in [-0.25, -0.2) is 9.18 Å². The molecule has 0 aromatic carbocycles. The molecule has 1 amide bonds. The van der Waals surface area contributed by atoms with E-state index in [9.17, 15) is 19.5 Å². The van der Waals surface area contributed by atoms with Crippen molar-refractivity contribution in [3.05, 3.63) is 23.8 Å². The van der Waals surface area contributed by atoms with E-state index in [1.165, 1.54) is 17.1 Å². The van der Waals surface area contributed by atoms with E-state index in [1.54, 1.807) is 13.1 Å². The number of hydrogen-bond donors (Lipinski definition) is 2. The van der Waals surface area contributed by atoms with E-state index in [-0.39, 0.29) is 36.4 Å². The van der Waals surface area contributed by atoms with E-state index < -0.39 is 59.6 Å². The van der Waals surface area contributed by atoms with E-state index in [0.29, 0.717) is 30.7 Å². The van der Waals surface area contributed by atoms with Gasteiger partial charge in [0.15, 0.2) is 24.3 Å². The van der Waals surface area contributed by atoms with Gasteiger partial charge in [-0.2, -0.15) is 12.6 Å². The second-order valence-electron chi connectivity index (χ2n) is 12.4. The molecular formula is C29H40FNO7S. The normalized spacial score (nSPS) is 44.1. The van der Waals surface area contributed by atoms with Gasteiger partial charge in [0.05, 0.1) is 12.2 Å². The standard InChI is InChI=1S/C29H40FNO7S/c1-5-6-24-37-23-13-18-17-12-20(30)19-11-16(32)7-8-27(19,2)25(17)21(33)14-28(18,3)29(23,38-24)22(34)15-36-26(35)31(4)9-10-39/h7-8,11,17-18,20-21,23-25,33,39H,5-6,9-10,12-15H2,1-4H3/t17-,18-,20-,21-,23+,24?,25?,27-,28-,29+/m0/s1. The number of nitrogens with zero attached hydrogens (tertiary/aromatic N) is 1. The summed E-state index contributed by atoms with van der Waals surface area (Å²) in [5.41, 5.74) is -2.67. The Hall–Kier alpha value is -1.75. The zero-order valence-electron chi connectivity index (χ0n) is 23.1. The highest BCUT2D eigenvalue weighted by molar-refractivity contribution is 7.80. The summed E-state index contributed by atoms with van der Waals surface area (Å²) in [5, 5.41) is 11.7. The largest absolute Gasteiger partial charge is 0.441 e. The highest BCUT2D eigenvalue weighted by Gasteiger charge is 2.76. The minimum absolute atomic E-state index is 0.156. The molecule has 4 aliphatic carbocycles. The molecule has 0 spiro atoms.